The highest BCUT2D eigenvalue weighted by atomic mass is 16.1. The molecular formula is C10H10N2O. The lowest BCUT2D eigenvalue weighted by Gasteiger charge is -2.07. The highest BCUT2D eigenvalue weighted by Gasteiger charge is 2.21. The molecule has 1 aliphatic rings. The van der Waals surface area contributed by atoms with Crippen LogP contribution < -0.4 is 5.43 Å². The lowest BCUT2D eigenvalue weighted by atomic mass is 9.96. The van der Waals surface area contributed by atoms with E-state index in [-0.39, 0.29) is 5.92 Å². The molecule has 0 bridgehead atoms. The minimum atomic E-state index is 0.124. The van der Waals surface area contributed by atoms with Gasteiger partial charge in [-0.1, -0.05) is 30.3 Å². The molecular weight excluding hydrogens is 164 g/mol. The van der Waals surface area contributed by atoms with E-state index in [2.05, 4.69) is 10.5 Å². The fourth-order valence-corrected chi connectivity index (χ4v) is 1.49. The van der Waals surface area contributed by atoms with Crippen molar-refractivity contribution in [2.24, 2.45) is 5.10 Å². The Labute approximate surface area is 76.5 Å². The summed E-state index contributed by atoms with van der Waals surface area (Å²) in [7, 11) is 0. The number of hydrogen-bond acceptors (Lipinski definition) is 3. The Morgan fingerprint density at radius 2 is 2.15 bits per heavy atom. The van der Waals surface area contributed by atoms with Crippen molar-refractivity contribution in [1.29, 1.82) is 0 Å². The van der Waals surface area contributed by atoms with Gasteiger partial charge in [-0.15, -0.1) is 0 Å². The van der Waals surface area contributed by atoms with Crippen LogP contribution in [-0.2, 0) is 4.79 Å². The molecule has 0 amide bonds. The Morgan fingerprint density at radius 1 is 1.38 bits per heavy atom. The summed E-state index contributed by atoms with van der Waals surface area (Å²) in [6.07, 6.45) is 0.817. The highest BCUT2D eigenvalue weighted by molar-refractivity contribution is 6.31. The van der Waals surface area contributed by atoms with Crippen LogP contribution in [0, 0.1) is 0 Å². The largest absolute Gasteiger partial charge is 0.309 e. The number of hydrogen-bond donors (Lipinski definition) is 1. The number of nitrogens with zero attached hydrogens (tertiary/aromatic N) is 1. The van der Waals surface area contributed by atoms with Crippen LogP contribution >= 0.6 is 0 Å². The predicted molar refractivity (Wildman–Crippen MR) is 50.7 cm³/mol. The number of benzene rings is 1. The van der Waals surface area contributed by atoms with E-state index in [9.17, 15) is 4.79 Å². The molecule has 1 heterocycles. The maximum absolute atomic E-state index is 10.6. The van der Waals surface area contributed by atoms with Crippen molar-refractivity contribution in [3.05, 3.63) is 35.9 Å². The Kier molecular flexibility index (Phi) is 2.08. The number of hydrazone groups is 1. The van der Waals surface area contributed by atoms with Crippen LogP contribution in [-0.4, -0.2) is 18.5 Å². The first kappa shape index (κ1) is 7.98. The molecule has 13 heavy (non-hydrogen) atoms. The van der Waals surface area contributed by atoms with E-state index in [0.717, 1.165) is 18.4 Å². The van der Waals surface area contributed by atoms with Gasteiger partial charge in [-0.3, -0.25) is 4.79 Å². The first-order valence-electron chi connectivity index (χ1n) is 4.22. The molecule has 1 aliphatic heterocycles. The van der Waals surface area contributed by atoms with E-state index >= 15 is 0 Å². The molecule has 0 spiro atoms. The van der Waals surface area contributed by atoms with Gasteiger partial charge >= 0.3 is 0 Å². The molecule has 1 N–H and O–H groups in total. The molecule has 1 aromatic rings. The predicted octanol–water partition coefficient (Wildman–Crippen LogP) is 0.928. The molecule has 0 aromatic heterocycles. The highest BCUT2D eigenvalue weighted by Crippen LogP contribution is 2.18. The summed E-state index contributed by atoms with van der Waals surface area (Å²) in [5.74, 6) is 0.124. The zero-order valence-corrected chi connectivity index (χ0v) is 7.10. The maximum Gasteiger partial charge on any atom is 0.166 e. The normalized spacial score (nSPS) is 20.6. The van der Waals surface area contributed by atoms with Crippen molar-refractivity contribution in [3.8, 4) is 0 Å². The van der Waals surface area contributed by atoms with Gasteiger partial charge in [0.25, 0.3) is 0 Å². The van der Waals surface area contributed by atoms with Crippen molar-refractivity contribution in [3.63, 3.8) is 0 Å². The van der Waals surface area contributed by atoms with Crippen molar-refractivity contribution < 1.29 is 4.79 Å². The maximum atomic E-state index is 10.6. The van der Waals surface area contributed by atoms with Crippen molar-refractivity contribution in [2.75, 3.05) is 6.54 Å². The van der Waals surface area contributed by atoms with Gasteiger partial charge in [0.05, 0.1) is 5.92 Å². The number of carbonyl (C=O) groups excluding carboxylic acids is 1. The molecule has 3 nitrogen and oxygen atoms in total. The second-order valence-corrected chi connectivity index (χ2v) is 2.98. The zero-order valence-electron chi connectivity index (χ0n) is 7.10. The molecule has 0 radical (unpaired) electrons. The topological polar surface area (TPSA) is 41.5 Å². The SMILES string of the molecule is O=CC1=NNCC1c1ccccc1. The van der Waals surface area contributed by atoms with Gasteiger partial charge in [0.1, 0.15) is 5.71 Å². The van der Waals surface area contributed by atoms with Crippen molar-refractivity contribution in [1.82, 2.24) is 5.43 Å². The van der Waals surface area contributed by atoms with Crippen LogP contribution in [0.5, 0.6) is 0 Å². The smallest absolute Gasteiger partial charge is 0.166 e. The van der Waals surface area contributed by atoms with Gasteiger partial charge in [-0.2, -0.15) is 5.10 Å². The summed E-state index contributed by atoms with van der Waals surface area (Å²) in [5, 5.41) is 3.91. The molecule has 1 aromatic carbocycles. The Morgan fingerprint density at radius 3 is 2.85 bits per heavy atom. The van der Waals surface area contributed by atoms with E-state index in [1.807, 2.05) is 30.3 Å². The number of rotatable bonds is 2. The number of carbonyl (C=O) groups is 1. The Hall–Kier alpha value is -1.64. The van der Waals surface area contributed by atoms with E-state index < -0.39 is 0 Å². The molecule has 1 unspecified atom stereocenters. The molecule has 0 fully saturated rings. The van der Waals surface area contributed by atoms with E-state index in [0.29, 0.717) is 5.71 Å². The van der Waals surface area contributed by atoms with Gasteiger partial charge in [0.2, 0.25) is 0 Å². The summed E-state index contributed by atoms with van der Waals surface area (Å²) >= 11 is 0. The van der Waals surface area contributed by atoms with Crippen LogP contribution in [0.1, 0.15) is 11.5 Å². The average Bonchev–Trinajstić information content (AvgIpc) is 2.67. The third-order valence-electron chi connectivity index (χ3n) is 2.18. The Balaban J connectivity index is 2.28. The second-order valence-electron chi connectivity index (χ2n) is 2.98. The summed E-state index contributed by atoms with van der Waals surface area (Å²) in [6.45, 7) is 0.720. The third-order valence-corrected chi connectivity index (χ3v) is 2.18. The van der Waals surface area contributed by atoms with Gasteiger partial charge in [-0.05, 0) is 5.56 Å². The van der Waals surface area contributed by atoms with Crippen LogP contribution in [0.3, 0.4) is 0 Å². The quantitative estimate of drug-likeness (QED) is 0.677. The van der Waals surface area contributed by atoms with Crippen LogP contribution in [0.15, 0.2) is 35.4 Å². The monoisotopic (exact) mass is 174 g/mol. The van der Waals surface area contributed by atoms with Crippen LogP contribution in [0.4, 0.5) is 0 Å². The molecule has 66 valence electrons. The standard InChI is InChI=1S/C10H10N2O/c13-7-10-9(6-11-12-10)8-4-2-1-3-5-8/h1-5,7,9,11H,6H2. The lowest BCUT2D eigenvalue weighted by molar-refractivity contribution is -0.102. The fraction of sp³-hybridized carbons (Fsp3) is 0.200. The van der Waals surface area contributed by atoms with Gasteiger partial charge in [0.15, 0.2) is 6.29 Å². The van der Waals surface area contributed by atoms with Crippen LogP contribution in [0.2, 0.25) is 0 Å². The first-order chi connectivity index (χ1) is 6.42. The third kappa shape index (κ3) is 1.45. The molecule has 1 atom stereocenters. The first-order valence-corrected chi connectivity index (χ1v) is 4.22. The fourth-order valence-electron chi connectivity index (χ4n) is 1.49. The van der Waals surface area contributed by atoms with Gasteiger partial charge in [0, 0.05) is 6.54 Å². The zero-order chi connectivity index (χ0) is 9.10. The van der Waals surface area contributed by atoms with Gasteiger partial charge in [-0.25, -0.2) is 0 Å². The van der Waals surface area contributed by atoms with Crippen molar-refractivity contribution >= 4 is 12.0 Å². The minimum absolute atomic E-state index is 0.124. The summed E-state index contributed by atoms with van der Waals surface area (Å²) in [5.41, 5.74) is 4.55. The molecule has 3 heteroatoms. The molecule has 2 rings (SSSR count). The average molecular weight is 174 g/mol. The summed E-state index contributed by atoms with van der Waals surface area (Å²) < 4.78 is 0. The Bertz CT molecular complexity index is 332. The number of aldehydes is 1. The van der Waals surface area contributed by atoms with Crippen molar-refractivity contribution in [2.45, 2.75) is 5.92 Å². The van der Waals surface area contributed by atoms with Crippen LogP contribution in [0.25, 0.3) is 0 Å². The minimum Gasteiger partial charge on any atom is -0.309 e. The van der Waals surface area contributed by atoms with E-state index in [4.69, 9.17) is 0 Å². The second kappa shape index (κ2) is 3.39. The molecule has 0 aliphatic carbocycles. The van der Waals surface area contributed by atoms with E-state index in [1.165, 1.54) is 0 Å². The number of nitrogens with one attached hydrogen (secondary N) is 1. The molecule has 0 saturated heterocycles. The van der Waals surface area contributed by atoms with Gasteiger partial charge < -0.3 is 5.43 Å². The lowest BCUT2D eigenvalue weighted by Crippen LogP contribution is -2.14. The summed E-state index contributed by atoms with van der Waals surface area (Å²) in [4.78, 5) is 10.6. The molecule has 0 saturated carbocycles. The van der Waals surface area contributed by atoms with E-state index in [1.54, 1.807) is 0 Å². The summed E-state index contributed by atoms with van der Waals surface area (Å²) in [6, 6.07) is 9.92.